The Balaban J connectivity index is 2.06. The molecule has 1 aromatic carbocycles. The highest BCUT2D eigenvalue weighted by atomic mass is 32.2. The van der Waals surface area contributed by atoms with Crippen LogP contribution in [0.4, 0.5) is 14.5 Å². The van der Waals surface area contributed by atoms with Gasteiger partial charge in [0.15, 0.2) is 11.6 Å². The van der Waals surface area contributed by atoms with E-state index in [4.69, 9.17) is 4.74 Å². The molecular formula is C14H18F2N2O4S. The summed E-state index contributed by atoms with van der Waals surface area (Å²) in [6.45, 7) is 0.412. The average molecular weight is 348 g/mol. The molecule has 1 aliphatic heterocycles. The largest absolute Gasteiger partial charge is 0.376 e. The number of carbonyl (C=O) groups excluding carboxylic acids is 1. The van der Waals surface area contributed by atoms with Crippen LogP contribution in [0.15, 0.2) is 18.2 Å². The lowest BCUT2D eigenvalue weighted by atomic mass is 10.2. The van der Waals surface area contributed by atoms with Gasteiger partial charge < -0.3 is 10.1 Å². The molecule has 1 unspecified atom stereocenters. The number of rotatable bonds is 6. The molecule has 1 fully saturated rings. The smallest absolute Gasteiger partial charge is 0.240 e. The van der Waals surface area contributed by atoms with Gasteiger partial charge in [-0.05, 0) is 25.0 Å². The van der Waals surface area contributed by atoms with Gasteiger partial charge in [-0.15, -0.1) is 0 Å². The Morgan fingerprint density at radius 1 is 1.39 bits per heavy atom. The summed E-state index contributed by atoms with van der Waals surface area (Å²) in [5.74, 6) is -2.82. The molecule has 9 heteroatoms. The Hall–Kier alpha value is -1.74. The summed E-state index contributed by atoms with van der Waals surface area (Å²) >= 11 is 0. The van der Waals surface area contributed by atoms with Crippen molar-refractivity contribution in [3.63, 3.8) is 0 Å². The maximum Gasteiger partial charge on any atom is 0.240 e. The van der Waals surface area contributed by atoms with Crippen molar-refractivity contribution in [1.29, 1.82) is 0 Å². The second-order valence-electron chi connectivity index (χ2n) is 5.31. The van der Waals surface area contributed by atoms with E-state index in [1.54, 1.807) is 0 Å². The number of benzene rings is 1. The van der Waals surface area contributed by atoms with Crippen LogP contribution in [0.25, 0.3) is 0 Å². The second kappa shape index (κ2) is 7.22. The number of halogens is 2. The summed E-state index contributed by atoms with van der Waals surface area (Å²) in [5.41, 5.74) is -0.112. The van der Waals surface area contributed by atoms with Gasteiger partial charge in [-0.3, -0.25) is 9.10 Å². The van der Waals surface area contributed by atoms with E-state index in [1.165, 1.54) is 0 Å². The summed E-state index contributed by atoms with van der Waals surface area (Å²) in [6.07, 6.45) is 2.57. The highest BCUT2D eigenvalue weighted by Gasteiger charge is 2.23. The lowest BCUT2D eigenvalue weighted by Crippen LogP contribution is -2.42. The third-order valence-corrected chi connectivity index (χ3v) is 4.57. The van der Waals surface area contributed by atoms with E-state index in [0.29, 0.717) is 6.61 Å². The van der Waals surface area contributed by atoms with Gasteiger partial charge in [-0.1, -0.05) is 0 Å². The zero-order valence-corrected chi connectivity index (χ0v) is 13.4. The van der Waals surface area contributed by atoms with E-state index in [9.17, 15) is 22.0 Å². The summed E-state index contributed by atoms with van der Waals surface area (Å²) in [4.78, 5) is 11.9. The van der Waals surface area contributed by atoms with Crippen LogP contribution >= 0.6 is 0 Å². The van der Waals surface area contributed by atoms with Crippen LogP contribution in [0.2, 0.25) is 0 Å². The van der Waals surface area contributed by atoms with E-state index >= 15 is 0 Å². The van der Waals surface area contributed by atoms with Gasteiger partial charge >= 0.3 is 0 Å². The SMILES string of the molecule is CS(=O)(=O)N(CC(=O)NCC1CCCO1)c1ccc(F)c(F)c1. The molecule has 0 aliphatic carbocycles. The van der Waals surface area contributed by atoms with E-state index in [2.05, 4.69) is 5.32 Å². The number of nitrogens with one attached hydrogen (secondary N) is 1. The number of hydrogen-bond acceptors (Lipinski definition) is 4. The molecule has 2 rings (SSSR count). The molecule has 1 N–H and O–H groups in total. The molecule has 1 aromatic rings. The molecule has 1 saturated heterocycles. The molecule has 23 heavy (non-hydrogen) atoms. The molecule has 1 amide bonds. The highest BCUT2D eigenvalue weighted by Crippen LogP contribution is 2.20. The molecule has 0 saturated carbocycles. The molecule has 1 aliphatic rings. The lowest BCUT2D eigenvalue weighted by molar-refractivity contribution is -0.120. The Labute approximate surface area is 133 Å². The first-order chi connectivity index (χ1) is 10.8. The first-order valence-corrected chi connectivity index (χ1v) is 8.93. The summed E-state index contributed by atoms with van der Waals surface area (Å²) in [5, 5.41) is 2.59. The van der Waals surface area contributed by atoms with E-state index < -0.39 is 34.1 Å². The van der Waals surface area contributed by atoms with Crippen molar-refractivity contribution in [3.05, 3.63) is 29.8 Å². The number of ether oxygens (including phenoxy) is 1. The summed E-state index contributed by atoms with van der Waals surface area (Å²) in [6, 6.07) is 2.66. The fraction of sp³-hybridized carbons (Fsp3) is 0.500. The van der Waals surface area contributed by atoms with E-state index in [0.717, 1.165) is 41.6 Å². The Bertz CT molecular complexity index is 675. The number of hydrogen-bond donors (Lipinski definition) is 1. The van der Waals surface area contributed by atoms with E-state index in [1.807, 2.05) is 0 Å². The highest BCUT2D eigenvalue weighted by molar-refractivity contribution is 7.92. The molecule has 0 radical (unpaired) electrons. The Morgan fingerprint density at radius 3 is 2.70 bits per heavy atom. The lowest BCUT2D eigenvalue weighted by Gasteiger charge is -2.22. The summed E-state index contributed by atoms with van der Waals surface area (Å²) < 4.78 is 56.0. The van der Waals surface area contributed by atoms with Crippen molar-refractivity contribution in [2.24, 2.45) is 0 Å². The Kier molecular flexibility index (Phi) is 5.53. The first-order valence-electron chi connectivity index (χ1n) is 7.08. The van der Waals surface area contributed by atoms with Crippen LogP contribution in [-0.4, -0.2) is 46.4 Å². The molecule has 6 nitrogen and oxygen atoms in total. The topological polar surface area (TPSA) is 75.7 Å². The van der Waals surface area contributed by atoms with Crippen molar-refractivity contribution in [2.75, 3.05) is 30.3 Å². The zero-order chi connectivity index (χ0) is 17.0. The van der Waals surface area contributed by atoms with Gasteiger partial charge in [0.05, 0.1) is 18.0 Å². The molecule has 0 spiro atoms. The normalized spacial score (nSPS) is 18.0. The summed E-state index contributed by atoms with van der Waals surface area (Å²) in [7, 11) is -3.83. The third kappa shape index (κ3) is 4.87. The molecule has 1 heterocycles. The quantitative estimate of drug-likeness (QED) is 0.833. The first kappa shape index (κ1) is 17.6. The number of carbonyl (C=O) groups is 1. The zero-order valence-electron chi connectivity index (χ0n) is 12.6. The third-order valence-electron chi connectivity index (χ3n) is 3.43. The van der Waals surface area contributed by atoms with Crippen molar-refractivity contribution in [3.8, 4) is 0 Å². The van der Waals surface area contributed by atoms with Crippen molar-refractivity contribution >= 4 is 21.6 Å². The van der Waals surface area contributed by atoms with Gasteiger partial charge in [0, 0.05) is 19.2 Å². The van der Waals surface area contributed by atoms with Crippen LogP contribution in [0.1, 0.15) is 12.8 Å². The number of sulfonamides is 1. The second-order valence-corrected chi connectivity index (χ2v) is 7.21. The molecule has 128 valence electrons. The maximum absolute atomic E-state index is 13.3. The maximum atomic E-state index is 13.3. The molecular weight excluding hydrogens is 330 g/mol. The Morgan fingerprint density at radius 2 is 2.13 bits per heavy atom. The van der Waals surface area contributed by atoms with Gasteiger partial charge in [0.25, 0.3) is 0 Å². The van der Waals surface area contributed by atoms with Gasteiger partial charge in [-0.25, -0.2) is 17.2 Å². The van der Waals surface area contributed by atoms with Crippen molar-refractivity contribution < 1.29 is 26.7 Å². The van der Waals surface area contributed by atoms with Crippen molar-refractivity contribution in [2.45, 2.75) is 18.9 Å². The van der Waals surface area contributed by atoms with Crippen LogP contribution in [0.5, 0.6) is 0 Å². The minimum absolute atomic E-state index is 0.0751. The number of amides is 1. The molecule has 0 bridgehead atoms. The van der Waals surface area contributed by atoms with Gasteiger partial charge in [0.1, 0.15) is 6.54 Å². The fourth-order valence-corrected chi connectivity index (χ4v) is 3.11. The van der Waals surface area contributed by atoms with Crippen LogP contribution in [-0.2, 0) is 19.6 Å². The number of nitrogens with zero attached hydrogens (tertiary/aromatic N) is 1. The van der Waals surface area contributed by atoms with Gasteiger partial charge in [-0.2, -0.15) is 0 Å². The van der Waals surface area contributed by atoms with Crippen LogP contribution < -0.4 is 9.62 Å². The minimum atomic E-state index is -3.83. The minimum Gasteiger partial charge on any atom is -0.376 e. The van der Waals surface area contributed by atoms with Gasteiger partial charge in [0.2, 0.25) is 15.9 Å². The molecule has 1 atom stereocenters. The monoisotopic (exact) mass is 348 g/mol. The number of anilines is 1. The average Bonchev–Trinajstić information content (AvgIpc) is 2.98. The van der Waals surface area contributed by atoms with Crippen LogP contribution in [0, 0.1) is 11.6 Å². The van der Waals surface area contributed by atoms with E-state index in [-0.39, 0.29) is 18.3 Å². The van der Waals surface area contributed by atoms with Crippen molar-refractivity contribution in [1.82, 2.24) is 5.32 Å². The molecule has 0 aromatic heterocycles. The predicted molar refractivity (Wildman–Crippen MR) is 80.5 cm³/mol. The fourth-order valence-electron chi connectivity index (χ4n) is 2.26. The standard InChI is InChI=1S/C14H18F2N2O4S/c1-23(20,21)18(10-4-5-12(15)13(16)7-10)9-14(19)17-8-11-3-2-6-22-11/h4-5,7,11H,2-3,6,8-9H2,1H3,(H,17,19). The predicted octanol–water partition coefficient (Wildman–Crippen LogP) is 1.03. The van der Waals surface area contributed by atoms with Crippen LogP contribution in [0.3, 0.4) is 0 Å².